The molecule has 10 heavy (non-hydrogen) atoms. The third kappa shape index (κ3) is 0.976. The standard InChI is InChI=1S/C8H10OS/c9-5-6-4-7(6)8-2-1-3-10-8/h1-3,6-7,9H,4-5H2. The van der Waals surface area contributed by atoms with Gasteiger partial charge in [0.05, 0.1) is 0 Å². The molecule has 0 aromatic carbocycles. The molecule has 1 saturated carbocycles. The second-order valence-corrected chi connectivity index (χ2v) is 3.78. The maximum atomic E-state index is 8.78. The highest BCUT2D eigenvalue weighted by Gasteiger charge is 2.37. The molecule has 0 saturated heterocycles. The smallest absolute Gasteiger partial charge is 0.0465 e. The Morgan fingerprint density at radius 1 is 1.70 bits per heavy atom. The van der Waals surface area contributed by atoms with Gasteiger partial charge in [-0.25, -0.2) is 0 Å². The van der Waals surface area contributed by atoms with Crippen LogP contribution in [0, 0.1) is 5.92 Å². The molecule has 1 aliphatic rings. The van der Waals surface area contributed by atoms with Crippen LogP contribution in [0.15, 0.2) is 17.5 Å². The van der Waals surface area contributed by atoms with Crippen LogP contribution in [-0.4, -0.2) is 11.7 Å². The van der Waals surface area contributed by atoms with E-state index in [1.165, 1.54) is 11.3 Å². The van der Waals surface area contributed by atoms with Crippen LogP contribution >= 0.6 is 11.3 Å². The summed E-state index contributed by atoms with van der Waals surface area (Å²) in [5.41, 5.74) is 0. The number of rotatable bonds is 2. The lowest BCUT2D eigenvalue weighted by molar-refractivity contribution is 0.274. The highest BCUT2D eigenvalue weighted by molar-refractivity contribution is 7.10. The van der Waals surface area contributed by atoms with Gasteiger partial charge in [0.1, 0.15) is 0 Å². The van der Waals surface area contributed by atoms with Crippen LogP contribution < -0.4 is 0 Å². The summed E-state index contributed by atoms with van der Waals surface area (Å²) in [5, 5.41) is 10.9. The van der Waals surface area contributed by atoms with Gasteiger partial charge in [0.25, 0.3) is 0 Å². The molecule has 1 nitrogen and oxygen atoms in total. The lowest BCUT2D eigenvalue weighted by atomic mass is 10.3. The monoisotopic (exact) mass is 154 g/mol. The van der Waals surface area contributed by atoms with Crippen molar-refractivity contribution >= 4 is 11.3 Å². The zero-order valence-corrected chi connectivity index (χ0v) is 6.47. The zero-order valence-electron chi connectivity index (χ0n) is 5.66. The summed E-state index contributed by atoms with van der Waals surface area (Å²) in [4.78, 5) is 1.44. The maximum absolute atomic E-state index is 8.78. The first-order chi connectivity index (χ1) is 4.92. The molecule has 54 valence electrons. The minimum Gasteiger partial charge on any atom is -0.396 e. The largest absolute Gasteiger partial charge is 0.396 e. The molecule has 2 heteroatoms. The number of aliphatic hydroxyl groups is 1. The van der Waals surface area contributed by atoms with Crippen molar-refractivity contribution in [1.29, 1.82) is 0 Å². The van der Waals surface area contributed by atoms with Gasteiger partial charge in [0.2, 0.25) is 0 Å². The van der Waals surface area contributed by atoms with Crippen LogP contribution in [0.25, 0.3) is 0 Å². The lowest BCUT2D eigenvalue weighted by Gasteiger charge is -1.89. The van der Waals surface area contributed by atoms with Gasteiger partial charge in [0.15, 0.2) is 0 Å². The molecular weight excluding hydrogens is 144 g/mol. The van der Waals surface area contributed by atoms with E-state index in [1.807, 2.05) is 0 Å². The number of hydrogen-bond acceptors (Lipinski definition) is 2. The van der Waals surface area contributed by atoms with Crippen LogP contribution in [0.4, 0.5) is 0 Å². The Labute approximate surface area is 64.3 Å². The molecule has 1 fully saturated rings. The van der Waals surface area contributed by atoms with E-state index in [0.29, 0.717) is 18.4 Å². The summed E-state index contributed by atoms with van der Waals surface area (Å²) >= 11 is 1.80. The summed E-state index contributed by atoms with van der Waals surface area (Å²) < 4.78 is 0. The van der Waals surface area contributed by atoms with E-state index in [4.69, 9.17) is 5.11 Å². The van der Waals surface area contributed by atoms with Gasteiger partial charge in [-0.05, 0) is 29.7 Å². The molecule has 2 rings (SSSR count). The quantitative estimate of drug-likeness (QED) is 0.689. The first kappa shape index (κ1) is 6.38. The topological polar surface area (TPSA) is 20.2 Å². The number of aliphatic hydroxyl groups excluding tert-OH is 1. The fraction of sp³-hybridized carbons (Fsp3) is 0.500. The first-order valence-corrected chi connectivity index (χ1v) is 4.44. The fourth-order valence-electron chi connectivity index (χ4n) is 1.30. The molecule has 2 unspecified atom stereocenters. The predicted octanol–water partition coefficient (Wildman–Crippen LogP) is 1.84. The van der Waals surface area contributed by atoms with E-state index in [2.05, 4.69) is 17.5 Å². The summed E-state index contributed by atoms with van der Waals surface area (Å²) in [6, 6.07) is 4.23. The van der Waals surface area contributed by atoms with Crippen molar-refractivity contribution in [3.05, 3.63) is 22.4 Å². The van der Waals surface area contributed by atoms with Crippen LogP contribution in [0.5, 0.6) is 0 Å². The molecule has 1 aliphatic carbocycles. The van der Waals surface area contributed by atoms with Crippen molar-refractivity contribution in [2.24, 2.45) is 5.92 Å². The number of hydrogen-bond donors (Lipinski definition) is 1. The van der Waals surface area contributed by atoms with Crippen LogP contribution in [0.1, 0.15) is 17.2 Å². The predicted molar refractivity (Wildman–Crippen MR) is 42.3 cm³/mol. The molecule has 2 atom stereocenters. The Bertz CT molecular complexity index is 205. The van der Waals surface area contributed by atoms with Crippen molar-refractivity contribution in [2.75, 3.05) is 6.61 Å². The van der Waals surface area contributed by atoms with Crippen molar-refractivity contribution in [1.82, 2.24) is 0 Å². The Morgan fingerprint density at radius 3 is 3.10 bits per heavy atom. The third-order valence-electron chi connectivity index (χ3n) is 2.07. The normalized spacial score (nSPS) is 30.5. The lowest BCUT2D eigenvalue weighted by Crippen LogP contribution is -1.85. The van der Waals surface area contributed by atoms with Crippen molar-refractivity contribution in [2.45, 2.75) is 12.3 Å². The molecule has 0 radical (unpaired) electrons. The number of thiophene rings is 1. The van der Waals surface area contributed by atoms with E-state index in [-0.39, 0.29) is 0 Å². The molecule has 1 heterocycles. The average Bonchev–Trinajstić information content (AvgIpc) is 2.56. The van der Waals surface area contributed by atoms with Gasteiger partial charge in [-0.3, -0.25) is 0 Å². The van der Waals surface area contributed by atoms with Crippen molar-refractivity contribution in [3.63, 3.8) is 0 Å². The SMILES string of the molecule is OCC1CC1c1cccs1. The Balaban J connectivity index is 2.05. The van der Waals surface area contributed by atoms with Gasteiger partial charge in [-0.1, -0.05) is 6.07 Å². The molecule has 0 spiro atoms. The zero-order chi connectivity index (χ0) is 6.97. The van der Waals surface area contributed by atoms with E-state index < -0.39 is 0 Å². The summed E-state index contributed by atoms with van der Waals surface area (Å²) in [7, 11) is 0. The Kier molecular flexibility index (Phi) is 1.51. The molecule has 1 aromatic heterocycles. The molecule has 0 aliphatic heterocycles. The van der Waals surface area contributed by atoms with Crippen LogP contribution in [0.2, 0.25) is 0 Å². The van der Waals surface area contributed by atoms with E-state index in [9.17, 15) is 0 Å². The maximum Gasteiger partial charge on any atom is 0.0465 e. The minimum atomic E-state index is 0.364. The van der Waals surface area contributed by atoms with Gasteiger partial charge in [-0.2, -0.15) is 0 Å². The van der Waals surface area contributed by atoms with Gasteiger partial charge >= 0.3 is 0 Å². The fourth-order valence-corrected chi connectivity index (χ4v) is 2.23. The molecule has 0 amide bonds. The molecule has 0 bridgehead atoms. The molecule has 1 N–H and O–H groups in total. The summed E-state index contributed by atoms with van der Waals surface area (Å²) in [6.45, 7) is 0.364. The van der Waals surface area contributed by atoms with Crippen LogP contribution in [-0.2, 0) is 0 Å². The second-order valence-electron chi connectivity index (χ2n) is 2.80. The Morgan fingerprint density at radius 2 is 2.60 bits per heavy atom. The Hall–Kier alpha value is -0.340. The third-order valence-corrected chi connectivity index (χ3v) is 3.07. The van der Waals surface area contributed by atoms with E-state index in [0.717, 1.165) is 0 Å². The van der Waals surface area contributed by atoms with E-state index in [1.54, 1.807) is 11.3 Å². The highest BCUT2D eigenvalue weighted by atomic mass is 32.1. The highest BCUT2D eigenvalue weighted by Crippen LogP contribution is 2.48. The summed E-state index contributed by atoms with van der Waals surface area (Å²) in [6.07, 6.45) is 1.19. The van der Waals surface area contributed by atoms with Gasteiger partial charge in [-0.15, -0.1) is 11.3 Å². The first-order valence-electron chi connectivity index (χ1n) is 3.56. The molecule has 1 aromatic rings. The van der Waals surface area contributed by atoms with Gasteiger partial charge in [0, 0.05) is 11.5 Å². The van der Waals surface area contributed by atoms with Crippen molar-refractivity contribution in [3.8, 4) is 0 Å². The molecular formula is C8H10OS. The van der Waals surface area contributed by atoms with Gasteiger partial charge < -0.3 is 5.11 Å². The van der Waals surface area contributed by atoms with Crippen LogP contribution in [0.3, 0.4) is 0 Å². The van der Waals surface area contributed by atoms with Crippen molar-refractivity contribution < 1.29 is 5.11 Å². The summed E-state index contributed by atoms with van der Waals surface area (Å²) in [5.74, 6) is 1.25. The minimum absolute atomic E-state index is 0.364. The average molecular weight is 154 g/mol. The van der Waals surface area contributed by atoms with E-state index >= 15 is 0 Å². The second kappa shape index (κ2) is 2.36.